The van der Waals surface area contributed by atoms with E-state index in [-0.39, 0.29) is 29.2 Å². The van der Waals surface area contributed by atoms with Gasteiger partial charge in [-0.2, -0.15) is 13.2 Å². The third-order valence-electron chi connectivity index (χ3n) is 5.67. The van der Waals surface area contributed by atoms with Crippen LogP contribution in [-0.2, 0) is 13.2 Å². The van der Waals surface area contributed by atoms with Crippen LogP contribution in [0.3, 0.4) is 0 Å². The fourth-order valence-corrected chi connectivity index (χ4v) is 4.58. The first-order chi connectivity index (χ1) is 17.3. The van der Waals surface area contributed by atoms with Gasteiger partial charge in [-0.3, -0.25) is 4.79 Å². The van der Waals surface area contributed by atoms with Crippen LogP contribution in [0.1, 0.15) is 41.4 Å². The van der Waals surface area contributed by atoms with E-state index in [0.29, 0.717) is 24.4 Å². The number of hydrogen-bond donors (Lipinski definition) is 1. The Labute approximate surface area is 212 Å². The Morgan fingerprint density at radius 3 is 2.56 bits per heavy atom. The topological polar surface area (TPSA) is 43.3 Å². The lowest BCUT2D eigenvalue weighted by Crippen LogP contribution is -2.24. The zero-order chi connectivity index (χ0) is 25.5. The molecule has 0 fully saturated rings. The number of unbranched alkanes of at least 4 members (excludes halogenated alkanes) is 1. The van der Waals surface area contributed by atoms with Gasteiger partial charge < -0.3 is 14.6 Å². The zero-order valence-electron chi connectivity index (χ0n) is 19.8. The molecule has 8 heteroatoms. The smallest absolute Gasteiger partial charge is 0.446 e. The summed E-state index contributed by atoms with van der Waals surface area (Å²) in [5, 5.41) is 3.80. The molecule has 0 atom stereocenters. The van der Waals surface area contributed by atoms with Crippen molar-refractivity contribution in [2.24, 2.45) is 0 Å². The summed E-state index contributed by atoms with van der Waals surface area (Å²) in [6.45, 7) is 3.33. The summed E-state index contributed by atoms with van der Waals surface area (Å²) in [4.78, 5) is 12.7. The molecular weight excluding hydrogens is 485 g/mol. The quantitative estimate of drug-likeness (QED) is 0.178. The second-order valence-electron chi connectivity index (χ2n) is 8.40. The molecule has 0 aliphatic rings. The summed E-state index contributed by atoms with van der Waals surface area (Å²) in [6, 6.07) is 23.3. The number of ether oxygens (including phenoxy) is 1. The van der Waals surface area contributed by atoms with E-state index < -0.39 is 5.51 Å². The molecule has 0 radical (unpaired) electrons. The highest BCUT2D eigenvalue weighted by Gasteiger charge is 2.29. The lowest BCUT2D eigenvalue weighted by atomic mass is 10.1. The second kappa shape index (κ2) is 11.6. The number of rotatable bonds is 10. The van der Waals surface area contributed by atoms with Gasteiger partial charge in [-0.25, -0.2) is 0 Å². The maximum Gasteiger partial charge on any atom is 0.446 e. The number of carbonyl (C=O) groups is 1. The normalized spacial score (nSPS) is 11.6. The van der Waals surface area contributed by atoms with Crippen LogP contribution < -0.4 is 10.1 Å². The van der Waals surface area contributed by atoms with Crippen molar-refractivity contribution in [2.45, 2.75) is 43.3 Å². The van der Waals surface area contributed by atoms with Gasteiger partial charge in [0.2, 0.25) is 0 Å². The Morgan fingerprint density at radius 1 is 1.00 bits per heavy atom. The van der Waals surface area contributed by atoms with E-state index in [9.17, 15) is 18.0 Å². The van der Waals surface area contributed by atoms with Crippen LogP contribution in [0.4, 0.5) is 13.2 Å². The largest absolute Gasteiger partial charge is 0.487 e. The number of nitrogens with zero attached hydrogens (tertiary/aromatic N) is 1. The minimum Gasteiger partial charge on any atom is -0.487 e. The molecule has 36 heavy (non-hydrogen) atoms. The van der Waals surface area contributed by atoms with Gasteiger partial charge in [-0.05, 0) is 72.3 Å². The van der Waals surface area contributed by atoms with Crippen LogP contribution in [0.25, 0.3) is 10.9 Å². The van der Waals surface area contributed by atoms with E-state index in [2.05, 4.69) is 12.2 Å². The van der Waals surface area contributed by atoms with Gasteiger partial charge in [0.25, 0.3) is 5.91 Å². The van der Waals surface area contributed by atoms with Crippen molar-refractivity contribution >= 4 is 28.6 Å². The predicted octanol–water partition coefficient (Wildman–Crippen LogP) is 7.41. The molecule has 1 amide bonds. The Hall–Kier alpha value is -3.39. The van der Waals surface area contributed by atoms with Gasteiger partial charge in [-0.15, -0.1) is 0 Å². The molecule has 1 heterocycles. The molecule has 4 nitrogen and oxygen atoms in total. The van der Waals surface area contributed by atoms with Gasteiger partial charge in [0.1, 0.15) is 12.4 Å². The average molecular weight is 513 g/mol. The third kappa shape index (κ3) is 6.85. The van der Waals surface area contributed by atoms with E-state index in [0.717, 1.165) is 35.0 Å². The van der Waals surface area contributed by atoms with Gasteiger partial charge in [0.15, 0.2) is 0 Å². The summed E-state index contributed by atoms with van der Waals surface area (Å²) in [5.74, 6) is 0.589. The summed E-state index contributed by atoms with van der Waals surface area (Å²) >= 11 is -0.122. The van der Waals surface area contributed by atoms with Crippen molar-refractivity contribution < 1.29 is 22.7 Å². The number of nitrogens with one attached hydrogen (secondary N) is 1. The molecule has 0 spiro atoms. The molecule has 188 valence electrons. The number of carbonyl (C=O) groups excluding carboxylic acids is 1. The number of hydrogen-bond acceptors (Lipinski definition) is 3. The fraction of sp³-hybridized carbons (Fsp3) is 0.250. The van der Waals surface area contributed by atoms with Crippen LogP contribution in [0.15, 0.2) is 83.8 Å². The lowest BCUT2D eigenvalue weighted by Gasteiger charge is -2.14. The van der Waals surface area contributed by atoms with Crippen LogP contribution in [0.5, 0.6) is 5.75 Å². The maximum atomic E-state index is 12.9. The Balaban J connectivity index is 1.65. The summed E-state index contributed by atoms with van der Waals surface area (Å²) in [6.07, 6.45) is 1.91. The molecule has 0 saturated carbocycles. The number of para-hydroxylation sites is 1. The molecule has 1 aromatic heterocycles. The number of alkyl halides is 3. The van der Waals surface area contributed by atoms with Gasteiger partial charge in [0.05, 0.1) is 5.69 Å². The minimum atomic E-state index is -4.35. The van der Waals surface area contributed by atoms with E-state index in [1.165, 1.54) is 6.07 Å². The number of halogens is 3. The van der Waals surface area contributed by atoms with Crippen LogP contribution in [-0.4, -0.2) is 22.5 Å². The average Bonchev–Trinajstić information content (AvgIpc) is 3.19. The van der Waals surface area contributed by atoms with Crippen molar-refractivity contribution in [1.82, 2.24) is 9.88 Å². The van der Waals surface area contributed by atoms with Gasteiger partial charge in [0, 0.05) is 34.5 Å². The predicted molar refractivity (Wildman–Crippen MR) is 137 cm³/mol. The molecule has 0 unspecified atom stereocenters. The van der Waals surface area contributed by atoms with Crippen LogP contribution in [0, 0.1) is 0 Å². The number of thioether (sulfide) groups is 1. The minimum absolute atomic E-state index is 0.122. The summed E-state index contributed by atoms with van der Waals surface area (Å²) in [7, 11) is 0. The summed E-state index contributed by atoms with van der Waals surface area (Å²) in [5.41, 5.74) is -1.31. The zero-order valence-corrected chi connectivity index (χ0v) is 20.7. The monoisotopic (exact) mass is 512 g/mol. The highest BCUT2D eigenvalue weighted by molar-refractivity contribution is 8.00. The number of benzene rings is 3. The SMILES string of the molecule is CCCCNC(=O)c1ccc2c(c1)cc(COc1ccccc1)n2Cc1cccc(SC(F)(F)F)c1. The highest BCUT2D eigenvalue weighted by Crippen LogP contribution is 2.37. The molecule has 0 bridgehead atoms. The maximum absolute atomic E-state index is 12.9. The van der Waals surface area contributed by atoms with Gasteiger partial charge in [-0.1, -0.05) is 43.7 Å². The van der Waals surface area contributed by atoms with E-state index >= 15 is 0 Å². The molecule has 3 aromatic carbocycles. The van der Waals surface area contributed by atoms with E-state index in [1.807, 2.05) is 59.2 Å². The Morgan fingerprint density at radius 2 is 1.81 bits per heavy atom. The first-order valence-electron chi connectivity index (χ1n) is 11.8. The van der Waals surface area contributed by atoms with Gasteiger partial charge >= 0.3 is 5.51 Å². The van der Waals surface area contributed by atoms with Crippen molar-refractivity contribution in [3.05, 3.63) is 95.7 Å². The van der Waals surface area contributed by atoms with Crippen molar-refractivity contribution in [3.8, 4) is 5.75 Å². The molecular formula is C28H27F3N2O2S. The van der Waals surface area contributed by atoms with E-state index in [1.54, 1.807) is 18.2 Å². The van der Waals surface area contributed by atoms with Crippen molar-refractivity contribution in [3.63, 3.8) is 0 Å². The number of aromatic nitrogens is 1. The molecule has 1 N–H and O–H groups in total. The number of amides is 1. The first kappa shape index (κ1) is 25.7. The van der Waals surface area contributed by atoms with Crippen LogP contribution in [0.2, 0.25) is 0 Å². The Bertz CT molecular complexity index is 1320. The van der Waals surface area contributed by atoms with Crippen molar-refractivity contribution in [2.75, 3.05) is 6.54 Å². The third-order valence-corrected chi connectivity index (χ3v) is 6.39. The molecule has 0 aliphatic heterocycles. The molecule has 0 aliphatic carbocycles. The van der Waals surface area contributed by atoms with E-state index in [4.69, 9.17) is 4.74 Å². The molecule has 4 aromatic rings. The Kier molecular flexibility index (Phi) is 8.25. The molecule has 0 saturated heterocycles. The standard InChI is InChI=1S/C28H27F3N2O2S/c1-2-3-14-32-27(34)21-12-13-26-22(16-21)17-23(19-35-24-9-5-4-6-10-24)33(26)18-20-8-7-11-25(15-20)36-28(29,30)31/h4-13,15-17H,2-3,14,18-19H2,1H3,(H,32,34). The lowest BCUT2D eigenvalue weighted by molar-refractivity contribution is -0.0328. The molecule has 4 rings (SSSR count). The van der Waals surface area contributed by atoms with Crippen molar-refractivity contribution in [1.29, 1.82) is 0 Å². The highest BCUT2D eigenvalue weighted by atomic mass is 32.2. The van der Waals surface area contributed by atoms with Crippen LogP contribution >= 0.6 is 11.8 Å². The first-order valence-corrected chi connectivity index (χ1v) is 12.6. The fourth-order valence-electron chi connectivity index (χ4n) is 3.95. The number of fused-ring (bicyclic) bond motifs is 1. The summed E-state index contributed by atoms with van der Waals surface area (Å²) < 4.78 is 46.7. The second-order valence-corrected chi connectivity index (χ2v) is 9.54.